The van der Waals surface area contributed by atoms with Gasteiger partial charge in [-0.2, -0.15) is 5.26 Å². The molecule has 1 aliphatic carbocycles. The predicted molar refractivity (Wildman–Crippen MR) is 78.6 cm³/mol. The van der Waals surface area contributed by atoms with Crippen LogP contribution in [0.5, 0.6) is 0 Å². The molecule has 1 aromatic rings. The predicted octanol–water partition coefficient (Wildman–Crippen LogP) is 2.46. The molecule has 0 atom stereocenters. The van der Waals surface area contributed by atoms with E-state index in [0.717, 1.165) is 12.8 Å². The molecule has 22 heavy (non-hydrogen) atoms. The van der Waals surface area contributed by atoms with Gasteiger partial charge in [0.1, 0.15) is 5.69 Å². The van der Waals surface area contributed by atoms with Gasteiger partial charge >= 0.3 is 6.09 Å². The number of rotatable bonds is 4. The summed E-state index contributed by atoms with van der Waals surface area (Å²) < 4.78 is 0. The van der Waals surface area contributed by atoms with Crippen LogP contribution >= 0.6 is 0 Å². The summed E-state index contributed by atoms with van der Waals surface area (Å²) >= 11 is 0. The number of amides is 1. The van der Waals surface area contributed by atoms with E-state index >= 15 is 0 Å². The summed E-state index contributed by atoms with van der Waals surface area (Å²) in [5.41, 5.74) is 0.509. The molecule has 0 radical (unpaired) electrons. The Kier molecular flexibility index (Phi) is 4.78. The number of nitrogens with zero attached hydrogens (tertiary/aromatic N) is 2. The fourth-order valence-corrected chi connectivity index (χ4v) is 2.65. The first-order chi connectivity index (χ1) is 10.5. The van der Waals surface area contributed by atoms with Gasteiger partial charge in [0.15, 0.2) is 0 Å². The highest BCUT2D eigenvalue weighted by atomic mass is 16.6. The number of hydrogen-bond donors (Lipinski definition) is 3. The number of carboxylic acid groups (broad SMARTS) is 1. The second-order valence-corrected chi connectivity index (χ2v) is 5.24. The van der Waals surface area contributed by atoms with Crippen molar-refractivity contribution in [3.8, 4) is 6.07 Å². The summed E-state index contributed by atoms with van der Waals surface area (Å²) in [6, 6.07) is 6.20. The first-order valence-corrected chi connectivity index (χ1v) is 6.94. The normalized spacial score (nSPS) is 20.7. The van der Waals surface area contributed by atoms with Gasteiger partial charge in [-0.25, -0.2) is 4.79 Å². The summed E-state index contributed by atoms with van der Waals surface area (Å²) in [6.07, 6.45) is 1.80. The fraction of sp³-hybridized carbons (Fsp3) is 0.429. The molecule has 3 N–H and O–H groups in total. The van der Waals surface area contributed by atoms with Crippen molar-refractivity contribution in [3.05, 3.63) is 33.9 Å². The summed E-state index contributed by atoms with van der Waals surface area (Å²) in [4.78, 5) is 21.2. The van der Waals surface area contributed by atoms with Gasteiger partial charge in [-0.3, -0.25) is 10.1 Å². The zero-order chi connectivity index (χ0) is 16.1. The van der Waals surface area contributed by atoms with E-state index in [2.05, 4.69) is 10.6 Å². The average molecular weight is 304 g/mol. The zero-order valence-electron chi connectivity index (χ0n) is 11.8. The molecule has 8 heteroatoms. The number of nitro groups is 1. The number of nitrogens with one attached hydrogen (secondary N) is 2. The molecule has 8 nitrogen and oxygen atoms in total. The Balaban J connectivity index is 2.02. The van der Waals surface area contributed by atoms with E-state index in [4.69, 9.17) is 10.4 Å². The molecule has 2 rings (SSSR count). The van der Waals surface area contributed by atoms with Gasteiger partial charge in [0, 0.05) is 18.2 Å². The van der Waals surface area contributed by atoms with Crippen molar-refractivity contribution in [3.63, 3.8) is 0 Å². The number of nitriles is 1. The van der Waals surface area contributed by atoms with Gasteiger partial charge in [-0.15, -0.1) is 0 Å². The molecule has 1 aromatic carbocycles. The molecule has 1 saturated carbocycles. The number of hydrogen-bond acceptors (Lipinski definition) is 5. The highest BCUT2D eigenvalue weighted by Crippen LogP contribution is 2.29. The smallest absolute Gasteiger partial charge is 0.404 e. The Morgan fingerprint density at radius 2 is 1.95 bits per heavy atom. The van der Waals surface area contributed by atoms with E-state index in [1.165, 1.54) is 18.2 Å². The van der Waals surface area contributed by atoms with Gasteiger partial charge in [0.25, 0.3) is 5.69 Å². The SMILES string of the molecule is N#Cc1ccc(N[C@H]2CC[C@H](NC(=O)O)CC2)c([N+](=O)[O-])c1. The third kappa shape index (κ3) is 3.85. The van der Waals surface area contributed by atoms with Crippen molar-refractivity contribution >= 4 is 17.5 Å². The van der Waals surface area contributed by atoms with E-state index in [0.29, 0.717) is 18.5 Å². The summed E-state index contributed by atoms with van der Waals surface area (Å²) in [7, 11) is 0. The third-order valence-corrected chi connectivity index (χ3v) is 3.74. The minimum atomic E-state index is -1.03. The van der Waals surface area contributed by atoms with Crippen LogP contribution < -0.4 is 10.6 Å². The standard InChI is InChI=1S/C14H16N4O4/c15-8-9-1-6-12(13(7-9)18(21)22)16-10-2-4-11(5-3-10)17-14(19)20/h1,6-7,10-11,16-17H,2-5H2,(H,19,20)/t10-,11-. The molecular weight excluding hydrogens is 288 g/mol. The minimum Gasteiger partial charge on any atom is -0.465 e. The lowest BCUT2D eigenvalue weighted by Gasteiger charge is -2.29. The Bertz CT molecular complexity index is 618. The van der Waals surface area contributed by atoms with E-state index < -0.39 is 11.0 Å². The van der Waals surface area contributed by atoms with Crippen molar-refractivity contribution in [1.82, 2.24) is 5.32 Å². The molecule has 0 aliphatic heterocycles. The summed E-state index contributed by atoms with van der Waals surface area (Å²) in [5, 5.41) is 34.2. The molecule has 116 valence electrons. The minimum absolute atomic E-state index is 0.0541. The molecule has 0 saturated heterocycles. The highest BCUT2D eigenvalue weighted by molar-refractivity contribution is 5.65. The maximum Gasteiger partial charge on any atom is 0.404 e. The largest absolute Gasteiger partial charge is 0.465 e. The summed E-state index contributed by atoms with van der Waals surface area (Å²) in [6.45, 7) is 0. The maximum absolute atomic E-state index is 11.1. The van der Waals surface area contributed by atoms with Gasteiger partial charge in [0.2, 0.25) is 0 Å². The highest BCUT2D eigenvalue weighted by Gasteiger charge is 2.24. The first kappa shape index (κ1) is 15.6. The Morgan fingerprint density at radius 1 is 1.32 bits per heavy atom. The van der Waals surface area contributed by atoms with Crippen LogP contribution in [0.1, 0.15) is 31.2 Å². The average Bonchev–Trinajstić information content (AvgIpc) is 2.49. The first-order valence-electron chi connectivity index (χ1n) is 6.94. The lowest BCUT2D eigenvalue weighted by Crippen LogP contribution is -2.39. The third-order valence-electron chi connectivity index (χ3n) is 3.74. The van der Waals surface area contributed by atoms with Crippen LogP contribution in [0.25, 0.3) is 0 Å². The van der Waals surface area contributed by atoms with Crippen molar-refractivity contribution < 1.29 is 14.8 Å². The van der Waals surface area contributed by atoms with E-state index in [-0.39, 0.29) is 23.3 Å². The van der Waals surface area contributed by atoms with Crippen LogP contribution in [0, 0.1) is 21.4 Å². The molecule has 0 unspecified atom stereocenters. The van der Waals surface area contributed by atoms with Crippen molar-refractivity contribution in [1.29, 1.82) is 5.26 Å². The quantitative estimate of drug-likeness (QED) is 0.579. The summed E-state index contributed by atoms with van der Waals surface area (Å²) in [5.74, 6) is 0. The van der Waals surface area contributed by atoms with E-state index in [1.807, 2.05) is 6.07 Å². The van der Waals surface area contributed by atoms with Crippen molar-refractivity contribution in [2.45, 2.75) is 37.8 Å². The van der Waals surface area contributed by atoms with Crippen LogP contribution in [0.2, 0.25) is 0 Å². The fourth-order valence-electron chi connectivity index (χ4n) is 2.65. The molecular formula is C14H16N4O4. The molecule has 1 amide bonds. The van der Waals surface area contributed by atoms with Crippen LogP contribution in [0.3, 0.4) is 0 Å². The Labute approximate surface area is 126 Å². The van der Waals surface area contributed by atoms with Crippen molar-refractivity contribution in [2.75, 3.05) is 5.32 Å². The lowest BCUT2D eigenvalue weighted by atomic mass is 9.91. The van der Waals surface area contributed by atoms with Gasteiger partial charge in [-0.05, 0) is 37.8 Å². The molecule has 0 aromatic heterocycles. The van der Waals surface area contributed by atoms with Gasteiger partial charge in [0.05, 0.1) is 16.6 Å². The zero-order valence-corrected chi connectivity index (χ0v) is 11.8. The van der Waals surface area contributed by atoms with E-state index in [9.17, 15) is 14.9 Å². The number of carbonyl (C=O) groups is 1. The maximum atomic E-state index is 11.1. The van der Waals surface area contributed by atoms with Crippen LogP contribution in [-0.4, -0.2) is 28.2 Å². The number of nitro benzene ring substituents is 1. The van der Waals surface area contributed by atoms with Crippen molar-refractivity contribution in [2.24, 2.45) is 0 Å². The molecule has 1 aliphatic rings. The van der Waals surface area contributed by atoms with Crippen LogP contribution in [0.15, 0.2) is 18.2 Å². The number of benzene rings is 1. The molecule has 0 spiro atoms. The topological polar surface area (TPSA) is 128 Å². The van der Waals surface area contributed by atoms with E-state index in [1.54, 1.807) is 0 Å². The van der Waals surface area contributed by atoms with Crippen LogP contribution in [0.4, 0.5) is 16.2 Å². The second-order valence-electron chi connectivity index (χ2n) is 5.24. The molecule has 0 bridgehead atoms. The van der Waals surface area contributed by atoms with Crippen LogP contribution in [-0.2, 0) is 0 Å². The Morgan fingerprint density at radius 3 is 2.50 bits per heavy atom. The Hall–Kier alpha value is -2.82. The monoisotopic (exact) mass is 304 g/mol. The lowest BCUT2D eigenvalue weighted by molar-refractivity contribution is -0.384. The molecule has 1 fully saturated rings. The second kappa shape index (κ2) is 6.76. The van der Waals surface area contributed by atoms with Gasteiger partial charge in [-0.1, -0.05) is 0 Å². The number of anilines is 1. The van der Waals surface area contributed by atoms with Gasteiger partial charge < -0.3 is 15.7 Å². The molecule has 0 heterocycles.